The monoisotopic (exact) mass is 179 g/mol. The lowest BCUT2D eigenvalue weighted by atomic mass is 9.94. The van der Waals surface area contributed by atoms with Gasteiger partial charge in [0.15, 0.2) is 0 Å². The van der Waals surface area contributed by atoms with Gasteiger partial charge in [-0.3, -0.25) is 0 Å². The average Bonchev–Trinajstić information content (AvgIpc) is 2.76. The third-order valence-electron chi connectivity index (χ3n) is 3.08. The summed E-state index contributed by atoms with van der Waals surface area (Å²) in [6.45, 7) is 0. The molecule has 1 aromatic heterocycles. The van der Waals surface area contributed by atoms with Crippen molar-refractivity contribution < 1.29 is 4.42 Å². The van der Waals surface area contributed by atoms with Gasteiger partial charge in [0.05, 0.1) is 12.5 Å². The molecule has 1 heterocycles. The van der Waals surface area contributed by atoms with Crippen molar-refractivity contribution in [3.8, 4) is 0 Å². The maximum absolute atomic E-state index is 5.12. The molecule has 1 saturated carbocycles. The number of nitrogens with one attached hydrogen (secondary N) is 1. The van der Waals surface area contributed by atoms with Crippen LogP contribution in [0.25, 0.3) is 0 Å². The highest BCUT2D eigenvalue weighted by Crippen LogP contribution is 2.35. The third kappa shape index (κ3) is 1.78. The van der Waals surface area contributed by atoms with Crippen LogP contribution in [-0.2, 0) is 0 Å². The van der Waals surface area contributed by atoms with Crippen LogP contribution in [0.15, 0.2) is 23.0 Å². The lowest BCUT2D eigenvalue weighted by molar-refractivity contribution is 0.387. The Morgan fingerprint density at radius 3 is 2.77 bits per heavy atom. The van der Waals surface area contributed by atoms with Gasteiger partial charge in [0, 0.05) is 11.6 Å². The summed E-state index contributed by atoms with van der Waals surface area (Å²) in [7, 11) is 2.04. The number of hydrogen-bond acceptors (Lipinski definition) is 2. The Morgan fingerprint density at radius 2 is 2.23 bits per heavy atom. The van der Waals surface area contributed by atoms with E-state index in [4.69, 9.17) is 4.42 Å². The van der Waals surface area contributed by atoms with Gasteiger partial charge in [0.2, 0.25) is 0 Å². The van der Waals surface area contributed by atoms with Gasteiger partial charge in [-0.05, 0) is 31.9 Å². The molecule has 0 amide bonds. The zero-order valence-corrected chi connectivity index (χ0v) is 8.12. The summed E-state index contributed by atoms with van der Waals surface area (Å²) in [5.74, 6) is 0.808. The summed E-state index contributed by atoms with van der Waals surface area (Å²) in [6, 6.07) is 2.57. The van der Waals surface area contributed by atoms with Crippen LogP contribution < -0.4 is 5.32 Å². The number of hydrogen-bond donors (Lipinski definition) is 1. The minimum absolute atomic E-state index is 0.501. The Bertz CT molecular complexity index is 237. The van der Waals surface area contributed by atoms with Crippen LogP contribution in [0.5, 0.6) is 0 Å². The zero-order chi connectivity index (χ0) is 9.10. The van der Waals surface area contributed by atoms with Gasteiger partial charge in [-0.1, -0.05) is 12.8 Å². The first-order valence-electron chi connectivity index (χ1n) is 5.11. The zero-order valence-electron chi connectivity index (χ0n) is 8.12. The van der Waals surface area contributed by atoms with E-state index >= 15 is 0 Å². The lowest BCUT2D eigenvalue weighted by Crippen LogP contribution is -2.22. The van der Waals surface area contributed by atoms with E-state index in [0.717, 1.165) is 5.92 Å². The van der Waals surface area contributed by atoms with Crippen molar-refractivity contribution in [2.75, 3.05) is 7.05 Å². The first-order valence-corrected chi connectivity index (χ1v) is 5.11. The third-order valence-corrected chi connectivity index (χ3v) is 3.08. The van der Waals surface area contributed by atoms with Crippen molar-refractivity contribution in [1.82, 2.24) is 5.32 Å². The van der Waals surface area contributed by atoms with Crippen LogP contribution in [0.2, 0.25) is 0 Å². The minimum atomic E-state index is 0.501. The highest BCUT2D eigenvalue weighted by Gasteiger charge is 2.25. The summed E-state index contributed by atoms with van der Waals surface area (Å²) in [5.41, 5.74) is 1.30. The van der Waals surface area contributed by atoms with Gasteiger partial charge in [-0.15, -0.1) is 0 Å². The SMILES string of the molecule is CNC(c1ccoc1)C1CCCC1. The fourth-order valence-corrected chi connectivity index (χ4v) is 2.42. The number of furan rings is 1. The molecule has 2 rings (SSSR count). The molecule has 2 heteroatoms. The quantitative estimate of drug-likeness (QED) is 0.771. The van der Waals surface area contributed by atoms with E-state index in [0.29, 0.717) is 6.04 Å². The Morgan fingerprint density at radius 1 is 1.46 bits per heavy atom. The van der Waals surface area contributed by atoms with Crippen molar-refractivity contribution in [3.05, 3.63) is 24.2 Å². The highest BCUT2D eigenvalue weighted by molar-refractivity contribution is 5.13. The molecule has 1 unspecified atom stereocenters. The fraction of sp³-hybridized carbons (Fsp3) is 0.636. The van der Waals surface area contributed by atoms with Gasteiger partial charge in [0.1, 0.15) is 0 Å². The Balaban J connectivity index is 2.08. The fourth-order valence-electron chi connectivity index (χ4n) is 2.42. The van der Waals surface area contributed by atoms with Gasteiger partial charge in [0.25, 0.3) is 0 Å². The molecule has 13 heavy (non-hydrogen) atoms. The van der Waals surface area contributed by atoms with Gasteiger partial charge in [-0.2, -0.15) is 0 Å². The van der Waals surface area contributed by atoms with E-state index in [-0.39, 0.29) is 0 Å². The van der Waals surface area contributed by atoms with Crippen molar-refractivity contribution in [3.63, 3.8) is 0 Å². The predicted octanol–water partition coefficient (Wildman–Crippen LogP) is 2.73. The molecule has 0 saturated heterocycles. The van der Waals surface area contributed by atoms with E-state index in [1.165, 1.54) is 31.2 Å². The molecule has 1 atom stereocenters. The second kappa shape index (κ2) is 3.97. The molecule has 1 fully saturated rings. The Kier molecular flexibility index (Phi) is 2.69. The molecule has 1 aromatic rings. The molecule has 72 valence electrons. The molecule has 1 N–H and O–H groups in total. The van der Waals surface area contributed by atoms with Crippen molar-refractivity contribution in [2.24, 2.45) is 5.92 Å². The molecule has 1 aliphatic rings. The normalized spacial score (nSPS) is 20.7. The topological polar surface area (TPSA) is 25.2 Å². The first kappa shape index (κ1) is 8.82. The lowest BCUT2D eigenvalue weighted by Gasteiger charge is -2.21. The van der Waals surface area contributed by atoms with Crippen molar-refractivity contribution >= 4 is 0 Å². The van der Waals surface area contributed by atoms with Crippen LogP contribution in [0, 0.1) is 5.92 Å². The molecule has 0 bridgehead atoms. The molecule has 0 aromatic carbocycles. The molecular weight excluding hydrogens is 162 g/mol. The molecule has 0 spiro atoms. The molecular formula is C11H17NO. The molecule has 2 nitrogen and oxygen atoms in total. The van der Waals surface area contributed by atoms with E-state index in [1.807, 2.05) is 13.3 Å². The summed E-state index contributed by atoms with van der Waals surface area (Å²) < 4.78 is 5.12. The standard InChI is InChI=1S/C11H17NO/c1-12-11(9-4-2-3-5-9)10-6-7-13-8-10/h6-9,11-12H,2-5H2,1H3. The summed E-state index contributed by atoms with van der Waals surface area (Å²) in [5, 5.41) is 3.39. The van der Waals surface area contributed by atoms with Crippen molar-refractivity contribution in [2.45, 2.75) is 31.7 Å². The van der Waals surface area contributed by atoms with E-state index in [1.54, 1.807) is 6.26 Å². The molecule has 0 aliphatic heterocycles. The maximum atomic E-state index is 5.12. The Labute approximate surface area is 79.3 Å². The minimum Gasteiger partial charge on any atom is -0.472 e. The van der Waals surface area contributed by atoms with Crippen LogP contribution in [-0.4, -0.2) is 7.05 Å². The smallest absolute Gasteiger partial charge is 0.0950 e. The summed E-state index contributed by atoms with van der Waals surface area (Å²) in [4.78, 5) is 0. The van der Waals surface area contributed by atoms with E-state index < -0.39 is 0 Å². The highest BCUT2D eigenvalue weighted by atomic mass is 16.3. The molecule has 1 aliphatic carbocycles. The molecule has 0 radical (unpaired) electrons. The predicted molar refractivity (Wildman–Crippen MR) is 52.5 cm³/mol. The van der Waals surface area contributed by atoms with E-state index in [9.17, 15) is 0 Å². The van der Waals surface area contributed by atoms with Crippen LogP contribution in [0.3, 0.4) is 0 Å². The van der Waals surface area contributed by atoms with Crippen LogP contribution in [0.4, 0.5) is 0 Å². The van der Waals surface area contributed by atoms with Crippen molar-refractivity contribution in [1.29, 1.82) is 0 Å². The summed E-state index contributed by atoms with van der Waals surface area (Å²) >= 11 is 0. The Hall–Kier alpha value is -0.760. The largest absolute Gasteiger partial charge is 0.472 e. The van der Waals surface area contributed by atoms with E-state index in [2.05, 4.69) is 11.4 Å². The van der Waals surface area contributed by atoms with Gasteiger partial charge in [-0.25, -0.2) is 0 Å². The first-order chi connectivity index (χ1) is 6.42. The average molecular weight is 179 g/mol. The second-order valence-corrected chi connectivity index (χ2v) is 3.87. The number of rotatable bonds is 3. The van der Waals surface area contributed by atoms with Crippen LogP contribution >= 0.6 is 0 Å². The maximum Gasteiger partial charge on any atom is 0.0950 e. The van der Waals surface area contributed by atoms with Crippen LogP contribution in [0.1, 0.15) is 37.3 Å². The summed E-state index contributed by atoms with van der Waals surface area (Å²) in [6.07, 6.45) is 9.11. The second-order valence-electron chi connectivity index (χ2n) is 3.87. The van der Waals surface area contributed by atoms with Gasteiger partial charge < -0.3 is 9.73 Å². The van der Waals surface area contributed by atoms with Gasteiger partial charge >= 0.3 is 0 Å².